The van der Waals surface area contributed by atoms with Crippen molar-refractivity contribution in [3.05, 3.63) is 40.1 Å². The van der Waals surface area contributed by atoms with E-state index in [4.69, 9.17) is 28.3 Å². The number of rotatable bonds is 1. The lowest BCUT2D eigenvalue weighted by Crippen LogP contribution is -2.00. The summed E-state index contributed by atoms with van der Waals surface area (Å²) in [5, 5.41) is 10.5. The van der Waals surface area contributed by atoms with Gasteiger partial charge in [-0.05, 0) is 6.07 Å². The summed E-state index contributed by atoms with van der Waals surface area (Å²) in [6.07, 6.45) is 1.46. The molecule has 0 aliphatic rings. The minimum atomic E-state index is -1.11. The number of nitrogens with zero attached hydrogens (tertiary/aromatic N) is 1. The first-order valence-corrected chi connectivity index (χ1v) is 4.83. The van der Waals surface area contributed by atoms with E-state index in [1.54, 1.807) is 18.2 Å². The highest BCUT2D eigenvalue weighted by Crippen LogP contribution is 2.28. The third-order valence-electron chi connectivity index (χ3n) is 2.05. The summed E-state index contributed by atoms with van der Waals surface area (Å²) in [5.74, 6) is -1.11. The molecule has 5 heteroatoms. The Balaban J connectivity index is 2.94. The Labute approximate surface area is 95.3 Å². The topological polar surface area (TPSA) is 50.2 Å². The van der Waals surface area contributed by atoms with Gasteiger partial charge in [0, 0.05) is 22.0 Å². The highest BCUT2D eigenvalue weighted by molar-refractivity contribution is 6.37. The van der Waals surface area contributed by atoms with Gasteiger partial charge >= 0.3 is 5.97 Å². The Kier molecular flexibility index (Phi) is 2.50. The van der Waals surface area contributed by atoms with Crippen LogP contribution in [0.1, 0.15) is 10.4 Å². The van der Waals surface area contributed by atoms with E-state index in [0.717, 1.165) is 0 Å². The molecule has 0 saturated carbocycles. The molecule has 0 unspecified atom stereocenters. The molecule has 2 rings (SSSR count). The number of carbonyl (C=O) groups is 1. The van der Waals surface area contributed by atoms with Crippen LogP contribution < -0.4 is 0 Å². The average Bonchev–Trinajstić information content (AvgIpc) is 2.17. The fourth-order valence-electron chi connectivity index (χ4n) is 1.39. The summed E-state index contributed by atoms with van der Waals surface area (Å²) in [6, 6.07) is 5.00. The minimum absolute atomic E-state index is 0.0170. The van der Waals surface area contributed by atoms with Crippen LogP contribution in [0.25, 0.3) is 10.8 Å². The first-order chi connectivity index (χ1) is 7.11. The Morgan fingerprint density at radius 1 is 1.27 bits per heavy atom. The monoisotopic (exact) mass is 241 g/mol. The van der Waals surface area contributed by atoms with E-state index in [-0.39, 0.29) is 10.7 Å². The zero-order valence-corrected chi connectivity index (χ0v) is 8.88. The van der Waals surface area contributed by atoms with Gasteiger partial charge < -0.3 is 5.11 Å². The number of hydrogen-bond acceptors (Lipinski definition) is 2. The molecule has 1 heterocycles. The van der Waals surface area contributed by atoms with Crippen molar-refractivity contribution in [1.29, 1.82) is 0 Å². The van der Waals surface area contributed by atoms with Crippen molar-refractivity contribution in [3.8, 4) is 0 Å². The molecule has 15 heavy (non-hydrogen) atoms. The van der Waals surface area contributed by atoms with Crippen molar-refractivity contribution in [3.63, 3.8) is 0 Å². The van der Waals surface area contributed by atoms with Gasteiger partial charge in [0.25, 0.3) is 0 Å². The molecule has 0 aliphatic carbocycles. The molecular weight excluding hydrogens is 237 g/mol. The van der Waals surface area contributed by atoms with Crippen molar-refractivity contribution in [2.75, 3.05) is 0 Å². The van der Waals surface area contributed by atoms with Gasteiger partial charge in [-0.15, -0.1) is 0 Å². The molecule has 1 aromatic carbocycles. The van der Waals surface area contributed by atoms with Crippen LogP contribution in [0.3, 0.4) is 0 Å². The second-order valence-corrected chi connectivity index (χ2v) is 3.70. The van der Waals surface area contributed by atoms with E-state index in [9.17, 15) is 4.79 Å². The summed E-state index contributed by atoms with van der Waals surface area (Å²) in [4.78, 5) is 14.8. The predicted octanol–water partition coefficient (Wildman–Crippen LogP) is 3.24. The smallest absolute Gasteiger partial charge is 0.339 e. The van der Waals surface area contributed by atoms with Crippen LogP contribution in [-0.2, 0) is 0 Å². The molecular formula is C10H5Cl2NO2. The van der Waals surface area contributed by atoms with Gasteiger partial charge in [0.2, 0.25) is 0 Å². The molecule has 76 valence electrons. The van der Waals surface area contributed by atoms with Crippen molar-refractivity contribution in [2.45, 2.75) is 0 Å². The van der Waals surface area contributed by atoms with Gasteiger partial charge in [-0.3, -0.25) is 0 Å². The SMILES string of the molecule is O=C(O)c1c(Cl)ncc2c(Cl)cccc12. The van der Waals surface area contributed by atoms with Gasteiger partial charge in [0.15, 0.2) is 0 Å². The average molecular weight is 242 g/mol. The number of fused-ring (bicyclic) bond motifs is 1. The number of halogens is 2. The van der Waals surface area contributed by atoms with Gasteiger partial charge in [-0.1, -0.05) is 35.3 Å². The fourth-order valence-corrected chi connectivity index (χ4v) is 1.84. The molecule has 0 bridgehead atoms. The molecule has 0 spiro atoms. The van der Waals surface area contributed by atoms with Crippen LogP contribution in [0.2, 0.25) is 10.2 Å². The van der Waals surface area contributed by atoms with Crippen molar-refractivity contribution in [2.24, 2.45) is 0 Å². The van der Waals surface area contributed by atoms with Crippen LogP contribution in [-0.4, -0.2) is 16.1 Å². The molecule has 0 radical (unpaired) electrons. The first kappa shape index (κ1) is 10.2. The predicted molar refractivity (Wildman–Crippen MR) is 58.7 cm³/mol. The van der Waals surface area contributed by atoms with E-state index in [0.29, 0.717) is 15.8 Å². The fraction of sp³-hybridized carbons (Fsp3) is 0. The van der Waals surface area contributed by atoms with Crippen molar-refractivity contribution >= 4 is 39.9 Å². The van der Waals surface area contributed by atoms with Gasteiger partial charge in [-0.2, -0.15) is 0 Å². The number of hydrogen-bond donors (Lipinski definition) is 1. The maximum absolute atomic E-state index is 11.0. The molecule has 3 nitrogen and oxygen atoms in total. The van der Waals surface area contributed by atoms with E-state index in [2.05, 4.69) is 4.98 Å². The summed E-state index contributed by atoms with van der Waals surface area (Å²) >= 11 is 11.6. The number of carboxylic acid groups (broad SMARTS) is 1. The number of pyridine rings is 1. The maximum Gasteiger partial charge on any atom is 0.339 e. The largest absolute Gasteiger partial charge is 0.478 e. The number of aromatic nitrogens is 1. The highest BCUT2D eigenvalue weighted by atomic mass is 35.5. The van der Waals surface area contributed by atoms with E-state index >= 15 is 0 Å². The lowest BCUT2D eigenvalue weighted by molar-refractivity contribution is 0.0699. The summed E-state index contributed by atoms with van der Waals surface area (Å²) in [5.41, 5.74) is -0.0170. The molecule has 0 fully saturated rings. The zero-order valence-electron chi connectivity index (χ0n) is 7.37. The third kappa shape index (κ3) is 1.64. The first-order valence-electron chi connectivity index (χ1n) is 4.07. The normalized spacial score (nSPS) is 10.5. The molecule has 0 saturated heterocycles. The number of aromatic carboxylic acids is 1. The molecule has 0 amide bonds. The Morgan fingerprint density at radius 3 is 2.67 bits per heavy atom. The Morgan fingerprint density at radius 2 is 2.00 bits per heavy atom. The van der Waals surface area contributed by atoms with Gasteiger partial charge in [0.1, 0.15) is 10.7 Å². The van der Waals surface area contributed by atoms with Crippen molar-refractivity contribution < 1.29 is 9.90 Å². The molecule has 0 aliphatic heterocycles. The van der Waals surface area contributed by atoms with Crippen LogP contribution in [0.15, 0.2) is 24.4 Å². The second-order valence-electron chi connectivity index (χ2n) is 2.93. The van der Waals surface area contributed by atoms with Crippen LogP contribution in [0, 0.1) is 0 Å². The number of benzene rings is 1. The molecule has 1 N–H and O–H groups in total. The van der Waals surface area contributed by atoms with Gasteiger partial charge in [-0.25, -0.2) is 9.78 Å². The van der Waals surface area contributed by atoms with Crippen LogP contribution in [0.5, 0.6) is 0 Å². The van der Waals surface area contributed by atoms with Crippen LogP contribution >= 0.6 is 23.2 Å². The number of carboxylic acids is 1. The minimum Gasteiger partial charge on any atom is -0.478 e. The van der Waals surface area contributed by atoms with E-state index in [1.165, 1.54) is 6.20 Å². The standard InChI is InChI=1S/C10H5Cl2NO2/c11-7-3-1-2-5-6(7)4-13-9(12)8(5)10(14)15/h1-4H,(H,14,15). The quantitative estimate of drug-likeness (QED) is 0.781. The third-order valence-corrected chi connectivity index (χ3v) is 2.67. The summed E-state index contributed by atoms with van der Waals surface area (Å²) < 4.78 is 0. The van der Waals surface area contributed by atoms with Crippen molar-refractivity contribution in [1.82, 2.24) is 4.98 Å². The van der Waals surface area contributed by atoms with Gasteiger partial charge in [0.05, 0.1) is 0 Å². The second kappa shape index (κ2) is 3.68. The molecule has 0 atom stereocenters. The zero-order chi connectivity index (χ0) is 11.0. The van der Waals surface area contributed by atoms with E-state index in [1.807, 2.05) is 0 Å². The Bertz CT molecular complexity index is 554. The molecule has 2 aromatic rings. The summed E-state index contributed by atoms with van der Waals surface area (Å²) in [6.45, 7) is 0. The highest BCUT2D eigenvalue weighted by Gasteiger charge is 2.15. The maximum atomic E-state index is 11.0. The summed E-state index contributed by atoms with van der Waals surface area (Å²) in [7, 11) is 0. The lowest BCUT2D eigenvalue weighted by atomic mass is 10.1. The van der Waals surface area contributed by atoms with Crippen LogP contribution in [0.4, 0.5) is 0 Å². The Hall–Kier alpha value is -1.32. The lowest BCUT2D eigenvalue weighted by Gasteiger charge is -2.04. The molecule has 1 aromatic heterocycles. The van der Waals surface area contributed by atoms with E-state index < -0.39 is 5.97 Å².